The minimum absolute atomic E-state index is 0.374. The molecule has 1 nitrogen and oxygen atoms in total. The van der Waals surface area contributed by atoms with E-state index in [1.54, 1.807) is 0 Å². The van der Waals surface area contributed by atoms with Gasteiger partial charge in [0.2, 0.25) is 0 Å². The summed E-state index contributed by atoms with van der Waals surface area (Å²) < 4.78 is 1.16. The molecule has 0 bridgehead atoms. The molecule has 2 unspecified atom stereocenters. The standard InChI is InChI=1S/C12H16BrN/c1-7-11(8(2)12(7)14)9-4-3-5-10(13)6-9/h3-8,11-12H,14H2,1-2H3. The van der Waals surface area contributed by atoms with E-state index in [1.807, 2.05) is 0 Å². The van der Waals surface area contributed by atoms with Gasteiger partial charge in [-0.3, -0.25) is 0 Å². The van der Waals surface area contributed by atoms with Crippen LogP contribution in [0.3, 0.4) is 0 Å². The predicted octanol–water partition coefficient (Wildman–Crippen LogP) is 3.15. The summed E-state index contributed by atoms with van der Waals surface area (Å²) in [5.74, 6) is 1.86. The summed E-state index contributed by atoms with van der Waals surface area (Å²) in [6, 6.07) is 8.96. The summed E-state index contributed by atoms with van der Waals surface area (Å²) in [6.07, 6.45) is 0. The molecule has 1 aliphatic carbocycles. The topological polar surface area (TPSA) is 26.0 Å². The maximum atomic E-state index is 6.02. The molecule has 0 aromatic heterocycles. The van der Waals surface area contributed by atoms with Crippen molar-refractivity contribution in [1.29, 1.82) is 0 Å². The summed E-state index contributed by atoms with van der Waals surface area (Å²) in [7, 11) is 0. The molecule has 0 aliphatic heterocycles. The Morgan fingerprint density at radius 3 is 2.43 bits per heavy atom. The number of benzene rings is 1. The highest BCUT2D eigenvalue weighted by Crippen LogP contribution is 2.46. The van der Waals surface area contributed by atoms with Crippen LogP contribution in [-0.4, -0.2) is 6.04 Å². The second-order valence-electron chi connectivity index (χ2n) is 4.38. The Labute approximate surface area is 93.8 Å². The third-order valence-corrected chi connectivity index (χ3v) is 4.07. The van der Waals surface area contributed by atoms with E-state index in [0.717, 1.165) is 4.47 Å². The van der Waals surface area contributed by atoms with Crippen LogP contribution in [0.1, 0.15) is 25.3 Å². The zero-order valence-corrected chi connectivity index (χ0v) is 10.2. The number of rotatable bonds is 1. The van der Waals surface area contributed by atoms with Crippen molar-refractivity contribution in [3.05, 3.63) is 34.3 Å². The number of hydrogen-bond donors (Lipinski definition) is 1. The van der Waals surface area contributed by atoms with E-state index in [2.05, 4.69) is 54.0 Å². The third-order valence-electron chi connectivity index (χ3n) is 3.58. The van der Waals surface area contributed by atoms with Crippen LogP contribution < -0.4 is 5.73 Å². The van der Waals surface area contributed by atoms with Gasteiger partial charge in [-0.05, 0) is 35.4 Å². The second-order valence-corrected chi connectivity index (χ2v) is 5.29. The molecule has 2 rings (SSSR count). The third kappa shape index (κ3) is 1.51. The van der Waals surface area contributed by atoms with Gasteiger partial charge >= 0.3 is 0 Å². The Kier molecular flexibility index (Phi) is 2.67. The highest BCUT2D eigenvalue weighted by molar-refractivity contribution is 9.10. The second kappa shape index (κ2) is 3.67. The Balaban J connectivity index is 2.24. The summed E-state index contributed by atoms with van der Waals surface area (Å²) in [6.45, 7) is 4.49. The van der Waals surface area contributed by atoms with Crippen molar-refractivity contribution in [2.75, 3.05) is 0 Å². The van der Waals surface area contributed by atoms with E-state index < -0.39 is 0 Å². The highest BCUT2D eigenvalue weighted by Gasteiger charge is 2.43. The van der Waals surface area contributed by atoms with Crippen LogP contribution in [0.4, 0.5) is 0 Å². The molecule has 1 fully saturated rings. The lowest BCUT2D eigenvalue weighted by Gasteiger charge is -2.47. The molecule has 0 spiro atoms. The maximum absolute atomic E-state index is 6.02. The molecule has 0 saturated heterocycles. The first-order valence-corrected chi connectivity index (χ1v) is 5.91. The van der Waals surface area contributed by atoms with E-state index in [0.29, 0.717) is 23.8 Å². The van der Waals surface area contributed by atoms with Crippen molar-refractivity contribution in [2.45, 2.75) is 25.8 Å². The quantitative estimate of drug-likeness (QED) is 0.818. The Bertz CT molecular complexity index is 327. The smallest absolute Gasteiger partial charge is 0.0178 e. The molecule has 2 atom stereocenters. The molecule has 2 heteroatoms. The molecule has 1 aromatic carbocycles. The normalized spacial score (nSPS) is 36.6. The van der Waals surface area contributed by atoms with Gasteiger partial charge in [-0.15, -0.1) is 0 Å². The average Bonchev–Trinajstić information content (AvgIpc) is 2.18. The summed E-state index contributed by atoms with van der Waals surface area (Å²) >= 11 is 3.51. The van der Waals surface area contributed by atoms with E-state index in [-0.39, 0.29) is 0 Å². The van der Waals surface area contributed by atoms with E-state index in [4.69, 9.17) is 5.73 Å². The SMILES string of the molecule is CC1C(N)C(C)C1c1cccc(Br)c1. The lowest BCUT2D eigenvalue weighted by molar-refractivity contribution is 0.130. The van der Waals surface area contributed by atoms with Gasteiger partial charge in [0.15, 0.2) is 0 Å². The summed E-state index contributed by atoms with van der Waals surface area (Å²) in [5.41, 5.74) is 7.44. The van der Waals surface area contributed by atoms with Gasteiger partial charge in [0.25, 0.3) is 0 Å². The number of nitrogens with two attached hydrogens (primary N) is 1. The molecule has 14 heavy (non-hydrogen) atoms. The van der Waals surface area contributed by atoms with Crippen LogP contribution in [0.2, 0.25) is 0 Å². The van der Waals surface area contributed by atoms with Gasteiger partial charge < -0.3 is 5.73 Å². The van der Waals surface area contributed by atoms with E-state index >= 15 is 0 Å². The minimum Gasteiger partial charge on any atom is -0.327 e. The molecular formula is C12H16BrN. The highest BCUT2D eigenvalue weighted by atomic mass is 79.9. The van der Waals surface area contributed by atoms with Gasteiger partial charge in [0.05, 0.1) is 0 Å². The van der Waals surface area contributed by atoms with Crippen LogP contribution in [0.5, 0.6) is 0 Å². The number of halogens is 1. The first-order chi connectivity index (χ1) is 6.61. The lowest BCUT2D eigenvalue weighted by atomic mass is 9.60. The molecule has 0 radical (unpaired) electrons. The van der Waals surface area contributed by atoms with Gasteiger partial charge in [-0.25, -0.2) is 0 Å². The zero-order valence-electron chi connectivity index (χ0n) is 8.57. The molecule has 0 amide bonds. The van der Waals surface area contributed by atoms with Crippen LogP contribution in [0, 0.1) is 11.8 Å². The Hall–Kier alpha value is -0.340. The summed E-state index contributed by atoms with van der Waals surface area (Å²) in [5, 5.41) is 0. The average molecular weight is 254 g/mol. The predicted molar refractivity (Wildman–Crippen MR) is 63.2 cm³/mol. The van der Waals surface area contributed by atoms with Crippen molar-refractivity contribution in [2.24, 2.45) is 17.6 Å². The molecular weight excluding hydrogens is 238 g/mol. The first-order valence-electron chi connectivity index (χ1n) is 5.12. The molecule has 0 heterocycles. The zero-order chi connectivity index (χ0) is 10.3. The summed E-state index contributed by atoms with van der Waals surface area (Å²) in [4.78, 5) is 0. The van der Waals surface area contributed by atoms with Crippen molar-refractivity contribution in [1.82, 2.24) is 0 Å². The fraction of sp³-hybridized carbons (Fsp3) is 0.500. The van der Waals surface area contributed by atoms with Crippen LogP contribution in [0.25, 0.3) is 0 Å². The largest absolute Gasteiger partial charge is 0.327 e. The fourth-order valence-electron chi connectivity index (χ4n) is 2.61. The maximum Gasteiger partial charge on any atom is 0.0178 e. The van der Waals surface area contributed by atoms with Crippen LogP contribution in [-0.2, 0) is 0 Å². The Morgan fingerprint density at radius 2 is 1.86 bits per heavy atom. The lowest BCUT2D eigenvalue weighted by Crippen LogP contribution is -2.52. The fourth-order valence-corrected chi connectivity index (χ4v) is 3.03. The minimum atomic E-state index is 0.374. The molecule has 2 N–H and O–H groups in total. The molecule has 1 aliphatic rings. The van der Waals surface area contributed by atoms with Crippen molar-refractivity contribution in [3.63, 3.8) is 0 Å². The molecule has 76 valence electrons. The molecule has 1 aromatic rings. The van der Waals surface area contributed by atoms with Gasteiger partial charge in [-0.1, -0.05) is 41.9 Å². The Morgan fingerprint density at radius 1 is 1.21 bits per heavy atom. The van der Waals surface area contributed by atoms with Gasteiger partial charge in [0, 0.05) is 10.5 Å². The van der Waals surface area contributed by atoms with Crippen molar-refractivity contribution in [3.8, 4) is 0 Å². The van der Waals surface area contributed by atoms with Crippen molar-refractivity contribution >= 4 is 15.9 Å². The van der Waals surface area contributed by atoms with E-state index in [1.165, 1.54) is 5.56 Å². The van der Waals surface area contributed by atoms with Crippen molar-refractivity contribution < 1.29 is 0 Å². The monoisotopic (exact) mass is 253 g/mol. The van der Waals surface area contributed by atoms with Crippen LogP contribution >= 0.6 is 15.9 Å². The first kappa shape index (κ1) is 10.2. The van der Waals surface area contributed by atoms with Crippen LogP contribution in [0.15, 0.2) is 28.7 Å². The van der Waals surface area contributed by atoms with Gasteiger partial charge in [-0.2, -0.15) is 0 Å². The molecule has 1 saturated carbocycles. The number of hydrogen-bond acceptors (Lipinski definition) is 1. The van der Waals surface area contributed by atoms with Gasteiger partial charge in [0.1, 0.15) is 0 Å². The van der Waals surface area contributed by atoms with E-state index in [9.17, 15) is 0 Å².